The Hall–Kier alpha value is -1.35. The molecule has 1 aromatic carbocycles. The molecular formula is C10H8ClFN2. The van der Waals surface area contributed by atoms with Gasteiger partial charge in [0, 0.05) is 6.20 Å². The third-order valence-electron chi connectivity index (χ3n) is 1.86. The van der Waals surface area contributed by atoms with E-state index in [2.05, 4.69) is 5.10 Å². The Kier molecular flexibility index (Phi) is 2.50. The lowest BCUT2D eigenvalue weighted by Gasteiger charge is -2.00. The second kappa shape index (κ2) is 3.80. The fourth-order valence-electron chi connectivity index (χ4n) is 1.20. The second-order valence-electron chi connectivity index (χ2n) is 2.98. The molecule has 0 fully saturated rings. The molecule has 2 aromatic rings. The fraction of sp³-hybridized carbons (Fsp3) is 0.100. The van der Waals surface area contributed by atoms with Gasteiger partial charge in [0.15, 0.2) is 0 Å². The highest BCUT2D eigenvalue weighted by Gasteiger charge is 1.97. The molecule has 0 amide bonds. The van der Waals surface area contributed by atoms with Crippen LogP contribution in [0.3, 0.4) is 0 Å². The monoisotopic (exact) mass is 210 g/mol. The first-order chi connectivity index (χ1) is 6.74. The number of halogens is 2. The molecular weight excluding hydrogens is 203 g/mol. The summed E-state index contributed by atoms with van der Waals surface area (Å²) in [5, 5.41) is 4.63. The average molecular weight is 211 g/mol. The van der Waals surface area contributed by atoms with E-state index in [-0.39, 0.29) is 5.82 Å². The molecule has 0 N–H and O–H groups in total. The summed E-state index contributed by atoms with van der Waals surface area (Å²) >= 11 is 5.71. The quantitative estimate of drug-likeness (QED) is 0.745. The minimum Gasteiger partial charge on any atom is -0.267 e. The number of hydrogen-bond donors (Lipinski definition) is 0. The molecule has 0 spiro atoms. The van der Waals surface area contributed by atoms with Gasteiger partial charge in [-0.05, 0) is 17.7 Å². The van der Waals surface area contributed by atoms with Crippen LogP contribution in [0.5, 0.6) is 0 Å². The van der Waals surface area contributed by atoms with Gasteiger partial charge in [-0.3, -0.25) is 4.68 Å². The normalized spacial score (nSPS) is 10.4. The number of hydrogen-bond acceptors (Lipinski definition) is 1. The Labute approximate surface area is 85.9 Å². The van der Waals surface area contributed by atoms with Crippen molar-refractivity contribution in [3.63, 3.8) is 0 Å². The van der Waals surface area contributed by atoms with E-state index in [1.807, 2.05) is 0 Å². The Morgan fingerprint density at radius 3 is 2.57 bits per heavy atom. The molecule has 72 valence electrons. The zero-order valence-corrected chi connectivity index (χ0v) is 8.08. The van der Waals surface area contributed by atoms with Crippen LogP contribution >= 0.6 is 11.6 Å². The van der Waals surface area contributed by atoms with Crippen LogP contribution < -0.4 is 0 Å². The van der Waals surface area contributed by atoms with Crippen LogP contribution in [0.1, 0.15) is 5.56 Å². The van der Waals surface area contributed by atoms with Gasteiger partial charge in [-0.1, -0.05) is 23.7 Å². The maximum Gasteiger partial charge on any atom is 0.123 e. The second-order valence-corrected chi connectivity index (χ2v) is 3.42. The largest absolute Gasteiger partial charge is 0.267 e. The first-order valence-electron chi connectivity index (χ1n) is 4.16. The van der Waals surface area contributed by atoms with Crippen molar-refractivity contribution in [3.05, 3.63) is 53.1 Å². The van der Waals surface area contributed by atoms with Gasteiger partial charge in [-0.15, -0.1) is 0 Å². The zero-order valence-electron chi connectivity index (χ0n) is 7.32. The van der Waals surface area contributed by atoms with Gasteiger partial charge in [0.2, 0.25) is 0 Å². The van der Waals surface area contributed by atoms with Crippen LogP contribution in [0.2, 0.25) is 5.02 Å². The summed E-state index contributed by atoms with van der Waals surface area (Å²) in [7, 11) is 0. The zero-order chi connectivity index (χ0) is 9.97. The molecule has 0 saturated carbocycles. The molecule has 1 aromatic heterocycles. The SMILES string of the molecule is Fc1ccc(Cn2cc(Cl)cn2)cc1. The van der Waals surface area contributed by atoms with Crippen molar-refractivity contribution < 1.29 is 4.39 Å². The minimum atomic E-state index is -0.229. The van der Waals surface area contributed by atoms with E-state index >= 15 is 0 Å². The molecule has 14 heavy (non-hydrogen) atoms. The molecule has 0 radical (unpaired) electrons. The van der Waals surface area contributed by atoms with E-state index in [9.17, 15) is 4.39 Å². The van der Waals surface area contributed by atoms with Crippen molar-refractivity contribution in [2.75, 3.05) is 0 Å². The maximum atomic E-state index is 12.6. The van der Waals surface area contributed by atoms with Crippen molar-refractivity contribution >= 4 is 11.6 Å². The Bertz CT molecular complexity index is 422. The van der Waals surface area contributed by atoms with Gasteiger partial charge in [0.25, 0.3) is 0 Å². The lowest BCUT2D eigenvalue weighted by Crippen LogP contribution is -1.99. The first kappa shape index (κ1) is 9.21. The molecule has 2 rings (SSSR count). The van der Waals surface area contributed by atoms with Gasteiger partial charge in [-0.2, -0.15) is 5.10 Å². The molecule has 0 aliphatic heterocycles. The molecule has 2 nitrogen and oxygen atoms in total. The van der Waals surface area contributed by atoms with Crippen molar-refractivity contribution in [1.82, 2.24) is 9.78 Å². The van der Waals surface area contributed by atoms with E-state index in [0.717, 1.165) is 5.56 Å². The van der Waals surface area contributed by atoms with Gasteiger partial charge < -0.3 is 0 Å². The Morgan fingerprint density at radius 1 is 1.29 bits per heavy atom. The summed E-state index contributed by atoms with van der Waals surface area (Å²) in [5.74, 6) is -0.229. The predicted molar refractivity (Wildman–Crippen MR) is 52.7 cm³/mol. The number of benzene rings is 1. The summed E-state index contributed by atoms with van der Waals surface area (Å²) < 4.78 is 14.3. The number of rotatable bonds is 2. The molecule has 0 atom stereocenters. The van der Waals surface area contributed by atoms with Crippen molar-refractivity contribution in [1.29, 1.82) is 0 Å². The van der Waals surface area contributed by atoms with Crippen LogP contribution in [-0.2, 0) is 6.54 Å². The molecule has 0 unspecified atom stereocenters. The van der Waals surface area contributed by atoms with E-state index in [4.69, 9.17) is 11.6 Å². The highest BCUT2D eigenvalue weighted by Crippen LogP contribution is 2.08. The van der Waals surface area contributed by atoms with E-state index in [1.165, 1.54) is 12.1 Å². The van der Waals surface area contributed by atoms with Gasteiger partial charge in [-0.25, -0.2) is 4.39 Å². The van der Waals surface area contributed by atoms with Crippen LogP contribution in [0.25, 0.3) is 0 Å². The van der Waals surface area contributed by atoms with Gasteiger partial charge in [0.05, 0.1) is 17.8 Å². The first-order valence-corrected chi connectivity index (χ1v) is 4.54. The van der Waals surface area contributed by atoms with E-state index in [0.29, 0.717) is 11.6 Å². The maximum absolute atomic E-state index is 12.6. The smallest absolute Gasteiger partial charge is 0.123 e. The topological polar surface area (TPSA) is 17.8 Å². The fourth-order valence-corrected chi connectivity index (χ4v) is 1.36. The van der Waals surface area contributed by atoms with Crippen LogP contribution in [-0.4, -0.2) is 9.78 Å². The molecule has 1 heterocycles. The van der Waals surface area contributed by atoms with Crippen LogP contribution in [0.4, 0.5) is 4.39 Å². The summed E-state index contributed by atoms with van der Waals surface area (Å²) in [6, 6.07) is 6.32. The third-order valence-corrected chi connectivity index (χ3v) is 2.05. The lowest BCUT2D eigenvalue weighted by molar-refractivity contribution is 0.624. The highest BCUT2D eigenvalue weighted by molar-refractivity contribution is 6.30. The summed E-state index contributed by atoms with van der Waals surface area (Å²) in [5.41, 5.74) is 0.992. The summed E-state index contributed by atoms with van der Waals surface area (Å²) in [6.45, 7) is 0.604. The summed E-state index contributed by atoms with van der Waals surface area (Å²) in [6.07, 6.45) is 3.30. The van der Waals surface area contributed by atoms with Crippen molar-refractivity contribution in [3.8, 4) is 0 Å². The molecule has 0 aliphatic carbocycles. The molecule has 0 saturated heterocycles. The number of aromatic nitrogens is 2. The van der Waals surface area contributed by atoms with Gasteiger partial charge in [0.1, 0.15) is 5.82 Å². The Morgan fingerprint density at radius 2 is 2.00 bits per heavy atom. The van der Waals surface area contributed by atoms with Gasteiger partial charge >= 0.3 is 0 Å². The van der Waals surface area contributed by atoms with Crippen molar-refractivity contribution in [2.24, 2.45) is 0 Å². The third kappa shape index (κ3) is 2.12. The predicted octanol–water partition coefficient (Wildman–Crippen LogP) is 2.72. The van der Waals surface area contributed by atoms with E-state index in [1.54, 1.807) is 29.2 Å². The molecule has 0 aliphatic rings. The molecule has 0 bridgehead atoms. The highest BCUT2D eigenvalue weighted by atomic mass is 35.5. The standard InChI is InChI=1S/C10H8ClFN2/c11-9-5-13-14(7-9)6-8-1-3-10(12)4-2-8/h1-5,7H,6H2. The Balaban J connectivity index is 2.15. The minimum absolute atomic E-state index is 0.229. The lowest BCUT2D eigenvalue weighted by atomic mass is 10.2. The number of nitrogens with zero attached hydrogens (tertiary/aromatic N) is 2. The average Bonchev–Trinajstić information content (AvgIpc) is 2.56. The van der Waals surface area contributed by atoms with Crippen LogP contribution in [0.15, 0.2) is 36.7 Å². The molecule has 4 heteroatoms. The van der Waals surface area contributed by atoms with Crippen molar-refractivity contribution in [2.45, 2.75) is 6.54 Å². The van der Waals surface area contributed by atoms with E-state index < -0.39 is 0 Å². The van der Waals surface area contributed by atoms with Crippen LogP contribution in [0, 0.1) is 5.82 Å². The summed E-state index contributed by atoms with van der Waals surface area (Å²) in [4.78, 5) is 0.